The normalized spacial score (nSPS) is 19.9. The van der Waals surface area contributed by atoms with Gasteiger partial charge in [0.1, 0.15) is 5.82 Å². The molecule has 0 amide bonds. The second kappa shape index (κ2) is 6.45. The maximum absolute atomic E-state index is 5.68. The van der Waals surface area contributed by atoms with Gasteiger partial charge in [-0.15, -0.1) is 0 Å². The third-order valence-electron chi connectivity index (χ3n) is 2.98. The van der Waals surface area contributed by atoms with Crippen LogP contribution in [0.5, 0.6) is 5.88 Å². The summed E-state index contributed by atoms with van der Waals surface area (Å²) in [5.74, 6) is 1.50. The molecule has 0 aromatic carbocycles. The van der Waals surface area contributed by atoms with E-state index >= 15 is 0 Å². The lowest BCUT2D eigenvalue weighted by molar-refractivity contribution is 0.0134. The highest BCUT2D eigenvalue weighted by Crippen LogP contribution is 2.16. The van der Waals surface area contributed by atoms with Crippen LogP contribution in [0.3, 0.4) is 0 Å². The summed E-state index contributed by atoms with van der Waals surface area (Å²) in [5, 5.41) is 3.30. The van der Waals surface area contributed by atoms with Crippen molar-refractivity contribution in [2.24, 2.45) is 0 Å². The van der Waals surface area contributed by atoms with Crippen LogP contribution in [0.25, 0.3) is 0 Å². The van der Waals surface area contributed by atoms with Crippen LogP contribution in [0, 0.1) is 0 Å². The van der Waals surface area contributed by atoms with Crippen molar-refractivity contribution in [2.45, 2.75) is 31.8 Å². The third-order valence-corrected chi connectivity index (χ3v) is 2.98. The van der Waals surface area contributed by atoms with Gasteiger partial charge in [0.25, 0.3) is 0 Å². The molecule has 1 atom stereocenters. The van der Waals surface area contributed by atoms with Gasteiger partial charge in [-0.25, -0.2) is 0 Å². The number of aromatic nitrogens is 1. The van der Waals surface area contributed by atoms with E-state index in [9.17, 15) is 0 Å². The third kappa shape index (κ3) is 3.89. The molecule has 1 aliphatic heterocycles. The first-order chi connectivity index (χ1) is 8.38. The van der Waals surface area contributed by atoms with E-state index in [1.165, 1.54) is 19.3 Å². The lowest BCUT2D eigenvalue weighted by Crippen LogP contribution is -2.22. The van der Waals surface area contributed by atoms with E-state index in [0.717, 1.165) is 25.4 Å². The minimum atomic E-state index is 0.418. The smallest absolute Gasteiger partial charge is 0.214 e. The van der Waals surface area contributed by atoms with E-state index in [1.807, 2.05) is 18.2 Å². The molecule has 4 nitrogen and oxygen atoms in total. The Hall–Kier alpha value is -1.29. The van der Waals surface area contributed by atoms with Crippen molar-refractivity contribution in [1.29, 1.82) is 0 Å². The number of nitrogens with one attached hydrogen (secondary N) is 1. The minimum absolute atomic E-state index is 0.418. The van der Waals surface area contributed by atoms with Crippen molar-refractivity contribution in [3.05, 3.63) is 18.2 Å². The Labute approximate surface area is 102 Å². The topological polar surface area (TPSA) is 43.4 Å². The van der Waals surface area contributed by atoms with E-state index in [1.54, 1.807) is 7.11 Å². The first-order valence-corrected chi connectivity index (χ1v) is 6.25. The fraction of sp³-hybridized carbons (Fsp3) is 0.615. The van der Waals surface area contributed by atoms with Gasteiger partial charge in [-0.05, 0) is 31.7 Å². The average Bonchev–Trinajstić information content (AvgIpc) is 2.40. The van der Waals surface area contributed by atoms with Crippen LogP contribution in [0.1, 0.15) is 25.7 Å². The molecule has 1 unspecified atom stereocenters. The van der Waals surface area contributed by atoms with Gasteiger partial charge in [-0.2, -0.15) is 4.98 Å². The van der Waals surface area contributed by atoms with Crippen molar-refractivity contribution in [2.75, 3.05) is 25.6 Å². The summed E-state index contributed by atoms with van der Waals surface area (Å²) in [6.45, 7) is 1.81. The van der Waals surface area contributed by atoms with Gasteiger partial charge in [0.2, 0.25) is 5.88 Å². The second-order valence-electron chi connectivity index (χ2n) is 4.27. The predicted molar refractivity (Wildman–Crippen MR) is 67.5 cm³/mol. The summed E-state index contributed by atoms with van der Waals surface area (Å²) < 4.78 is 10.8. The molecule has 1 aromatic rings. The van der Waals surface area contributed by atoms with E-state index in [-0.39, 0.29) is 0 Å². The monoisotopic (exact) mass is 236 g/mol. The van der Waals surface area contributed by atoms with Crippen molar-refractivity contribution >= 4 is 5.82 Å². The molecule has 1 aromatic heterocycles. The quantitative estimate of drug-likeness (QED) is 0.853. The summed E-state index contributed by atoms with van der Waals surface area (Å²) in [6, 6.07) is 5.73. The van der Waals surface area contributed by atoms with Crippen LogP contribution in [0.2, 0.25) is 0 Å². The Morgan fingerprint density at radius 3 is 3.18 bits per heavy atom. The zero-order valence-corrected chi connectivity index (χ0v) is 10.3. The van der Waals surface area contributed by atoms with Gasteiger partial charge >= 0.3 is 0 Å². The van der Waals surface area contributed by atoms with E-state index in [2.05, 4.69) is 10.3 Å². The molecule has 2 heterocycles. The molecule has 1 saturated heterocycles. The lowest BCUT2D eigenvalue weighted by Gasteiger charge is -2.22. The maximum Gasteiger partial charge on any atom is 0.214 e. The molecule has 1 aliphatic rings. The highest BCUT2D eigenvalue weighted by Gasteiger charge is 2.12. The molecule has 0 aliphatic carbocycles. The van der Waals surface area contributed by atoms with Gasteiger partial charge in [0.15, 0.2) is 0 Å². The fourth-order valence-corrected chi connectivity index (χ4v) is 2.02. The van der Waals surface area contributed by atoms with Gasteiger partial charge in [0, 0.05) is 19.2 Å². The molecule has 94 valence electrons. The van der Waals surface area contributed by atoms with Crippen LogP contribution in [0.15, 0.2) is 18.2 Å². The molecule has 0 spiro atoms. The highest BCUT2D eigenvalue weighted by atomic mass is 16.5. The molecule has 17 heavy (non-hydrogen) atoms. The summed E-state index contributed by atoms with van der Waals surface area (Å²) in [7, 11) is 1.63. The van der Waals surface area contributed by atoms with E-state index < -0.39 is 0 Å². The van der Waals surface area contributed by atoms with Gasteiger partial charge in [-0.1, -0.05) is 6.07 Å². The number of rotatable bonds is 5. The van der Waals surface area contributed by atoms with Crippen molar-refractivity contribution < 1.29 is 9.47 Å². The van der Waals surface area contributed by atoms with E-state index in [0.29, 0.717) is 12.0 Å². The van der Waals surface area contributed by atoms with Crippen LogP contribution in [-0.4, -0.2) is 31.3 Å². The minimum Gasteiger partial charge on any atom is -0.481 e. The van der Waals surface area contributed by atoms with Crippen molar-refractivity contribution in [3.8, 4) is 5.88 Å². The summed E-state index contributed by atoms with van der Waals surface area (Å²) in [5.41, 5.74) is 0. The number of pyridine rings is 1. The first-order valence-electron chi connectivity index (χ1n) is 6.25. The molecule has 1 N–H and O–H groups in total. The molecular weight excluding hydrogens is 216 g/mol. The van der Waals surface area contributed by atoms with E-state index in [4.69, 9.17) is 9.47 Å². The Morgan fingerprint density at radius 2 is 2.41 bits per heavy atom. The first kappa shape index (κ1) is 12.2. The van der Waals surface area contributed by atoms with Crippen LogP contribution in [0.4, 0.5) is 5.82 Å². The van der Waals surface area contributed by atoms with Crippen LogP contribution in [-0.2, 0) is 4.74 Å². The zero-order chi connectivity index (χ0) is 11.9. The molecular formula is C13H20N2O2. The molecule has 0 bridgehead atoms. The number of hydrogen-bond donors (Lipinski definition) is 1. The molecule has 0 saturated carbocycles. The van der Waals surface area contributed by atoms with Crippen LogP contribution < -0.4 is 10.1 Å². The molecule has 4 heteroatoms. The zero-order valence-electron chi connectivity index (χ0n) is 10.3. The highest BCUT2D eigenvalue weighted by molar-refractivity contribution is 5.36. The summed E-state index contributed by atoms with van der Waals surface area (Å²) in [4.78, 5) is 4.30. The Kier molecular flexibility index (Phi) is 4.62. The maximum atomic E-state index is 5.68. The second-order valence-corrected chi connectivity index (χ2v) is 4.27. The Bertz CT molecular complexity index is 338. The number of ether oxygens (including phenoxy) is 2. The van der Waals surface area contributed by atoms with Gasteiger partial charge in [0.05, 0.1) is 13.2 Å². The van der Waals surface area contributed by atoms with Gasteiger partial charge < -0.3 is 14.8 Å². The number of methoxy groups -OCH3 is 1. The number of anilines is 1. The standard InChI is InChI=1S/C13H20N2O2/c1-16-13-7-4-6-12(15-13)14-9-8-11-5-2-3-10-17-11/h4,6-7,11H,2-3,5,8-10H2,1H3,(H,14,15). The largest absolute Gasteiger partial charge is 0.481 e. The van der Waals surface area contributed by atoms with Crippen molar-refractivity contribution in [3.63, 3.8) is 0 Å². The Balaban J connectivity index is 1.73. The Morgan fingerprint density at radius 1 is 1.47 bits per heavy atom. The van der Waals surface area contributed by atoms with Crippen molar-refractivity contribution in [1.82, 2.24) is 4.98 Å². The average molecular weight is 236 g/mol. The van der Waals surface area contributed by atoms with Gasteiger partial charge in [-0.3, -0.25) is 0 Å². The molecule has 0 radical (unpaired) electrons. The fourth-order valence-electron chi connectivity index (χ4n) is 2.02. The number of hydrogen-bond acceptors (Lipinski definition) is 4. The summed E-state index contributed by atoms with van der Waals surface area (Å²) >= 11 is 0. The molecule has 2 rings (SSSR count). The predicted octanol–water partition coefficient (Wildman–Crippen LogP) is 2.46. The SMILES string of the molecule is COc1cccc(NCCC2CCCCO2)n1. The molecule has 1 fully saturated rings. The lowest BCUT2D eigenvalue weighted by atomic mass is 10.1. The van der Waals surface area contributed by atoms with Crippen LogP contribution >= 0.6 is 0 Å². The summed E-state index contributed by atoms with van der Waals surface area (Å²) in [6.07, 6.45) is 5.15. The number of nitrogens with zero attached hydrogens (tertiary/aromatic N) is 1.